The van der Waals surface area contributed by atoms with E-state index < -0.39 is 0 Å². The van der Waals surface area contributed by atoms with E-state index in [4.69, 9.17) is 10.3 Å². The molecule has 0 aromatic carbocycles. The molecule has 1 saturated heterocycles. The van der Waals surface area contributed by atoms with Gasteiger partial charge in [-0.25, -0.2) is 0 Å². The summed E-state index contributed by atoms with van der Waals surface area (Å²) >= 11 is 0. The molecule has 1 aromatic rings. The molecule has 2 N–H and O–H groups in total. The Hall–Kier alpha value is -1.40. The van der Waals surface area contributed by atoms with Gasteiger partial charge in [0, 0.05) is 32.2 Å². The molecule has 2 rings (SSSR count). The van der Waals surface area contributed by atoms with Crippen LogP contribution in [0.3, 0.4) is 0 Å². The second-order valence-corrected chi connectivity index (χ2v) is 4.30. The van der Waals surface area contributed by atoms with E-state index in [0.29, 0.717) is 0 Å². The van der Waals surface area contributed by atoms with Crippen LogP contribution in [-0.2, 0) is 11.3 Å². The number of aromatic nitrogens is 1. The van der Waals surface area contributed by atoms with Crippen molar-refractivity contribution in [3.05, 3.63) is 17.5 Å². The van der Waals surface area contributed by atoms with Gasteiger partial charge >= 0.3 is 0 Å². The summed E-state index contributed by atoms with van der Waals surface area (Å²) in [4.78, 5) is 15.4. The van der Waals surface area contributed by atoms with Gasteiger partial charge < -0.3 is 15.2 Å². The SMILES string of the molecule is Cc1cc(CN2CCN(C(=O)CN)CC2)on1. The van der Waals surface area contributed by atoms with E-state index in [1.165, 1.54) is 0 Å². The number of amides is 1. The predicted molar refractivity (Wildman–Crippen MR) is 62.2 cm³/mol. The molecule has 1 aliphatic rings. The Bertz CT molecular complexity index is 383. The van der Waals surface area contributed by atoms with Crippen molar-refractivity contribution in [2.45, 2.75) is 13.5 Å². The molecule has 17 heavy (non-hydrogen) atoms. The number of nitrogens with two attached hydrogens (primary N) is 1. The van der Waals surface area contributed by atoms with Crippen LogP contribution in [0.15, 0.2) is 10.6 Å². The fourth-order valence-electron chi connectivity index (χ4n) is 2.00. The van der Waals surface area contributed by atoms with Crippen molar-refractivity contribution < 1.29 is 9.32 Å². The first kappa shape index (κ1) is 12.1. The van der Waals surface area contributed by atoms with Crippen LogP contribution in [0.4, 0.5) is 0 Å². The van der Waals surface area contributed by atoms with Crippen molar-refractivity contribution in [3.8, 4) is 0 Å². The molecule has 0 spiro atoms. The Morgan fingerprint density at radius 2 is 2.18 bits per heavy atom. The van der Waals surface area contributed by atoms with E-state index in [-0.39, 0.29) is 12.5 Å². The van der Waals surface area contributed by atoms with E-state index in [0.717, 1.165) is 44.2 Å². The molecule has 1 aliphatic heterocycles. The molecule has 0 unspecified atom stereocenters. The number of piperazine rings is 1. The molecule has 94 valence electrons. The lowest BCUT2D eigenvalue weighted by molar-refractivity contribution is -0.131. The van der Waals surface area contributed by atoms with Crippen molar-refractivity contribution >= 4 is 5.91 Å². The zero-order valence-corrected chi connectivity index (χ0v) is 10.1. The van der Waals surface area contributed by atoms with Crippen LogP contribution in [0.5, 0.6) is 0 Å². The minimum Gasteiger partial charge on any atom is -0.360 e. The number of carbonyl (C=O) groups excluding carboxylic acids is 1. The van der Waals surface area contributed by atoms with Crippen LogP contribution in [0.2, 0.25) is 0 Å². The average molecular weight is 238 g/mol. The van der Waals surface area contributed by atoms with E-state index in [1.54, 1.807) is 0 Å². The molecule has 1 fully saturated rings. The monoisotopic (exact) mass is 238 g/mol. The summed E-state index contributed by atoms with van der Waals surface area (Å²) in [5, 5.41) is 3.86. The highest BCUT2D eigenvalue weighted by molar-refractivity contribution is 5.78. The third-order valence-electron chi connectivity index (χ3n) is 2.96. The van der Waals surface area contributed by atoms with Crippen molar-refractivity contribution in [3.63, 3.8) is 0 Å². The second-order valence-electron chi connectivity index (χ2n) is 4.30. The topological polar surface area (TPSA) is 75.6 Å². The molecule has 1 amide bonds. The summed E-state index contributed by atoms with van der Waals surface area (Å²) in [7, 11) is 0. The third kappa shape index (κ3) is 3.04. The number of aryl methyl sites for hydroxylation is 1. The van der Waals surface area contributed by atoms with Crippen molar-refractivity contribution in [2.75, 3.05) is 32.7 Å². The van der Waals surface area contributed by atoms with Gasteiger partial charge in [0.1, 0.15) is 0 Å². The highest BCUT2D eigenvalue weighted by Gasteiger charge is 2.20. The summed E-state index contributed by atoms with van der Waals surface area (Å²) in [5.41, 5.74) is 6.24. The number of hydrogen-bond donors (Lipinski definition) is 1. The van der Waals surface area contributed by atoms with E-state index >= 15 is 0 Å². The largest absolute Gasteiger partial charge is 0.360 e. The van der Waals surface area contributed by atoms with Gasteiger partial charge in [-0.1, -0.05) is 5.16 Å². The molecule has 0 saturated carbocycles. The van der Waals surface area contributed by atoms with Crippen LogP contribution < -0.4 is 5.73 Å². The summed E-state index contributed by atoms with van der Waals surface area (Å²) in [6.07, 6.45) is 0. The molecule has 0 atom stereocenters. The van der Waals surface area contributed by atoms with Crippen LogP contribution in [0, 0.1) is 6.92 Å². The number of hydrogen-bond acceptors (Lipinski definition) is 5. The maximum atomic E-state index is 11.4. The maximum absolute atomic E-state index is 11.4. The zero-order chi connectivity index (χ0) is 12.3. The predicted octanol–water partition coefficient (Wildman–Crippen LogP) is -0.414. The number of rotatable bonds is 3. The summed E-state index contributed by atoms with van der Waals surface area (Å²) in [5.74, 6) is 0.904. The highest BCUT2D eigenvalue weighted by Crippen LogP contribution is 2.09. The molecule has 0 bridgehead atoms. The van der Waals surface area contributed by atoms with Gasteiger partial charge in [-0.15, -0.1) is 0 Å². The van der Waals surface area contributed by atoms with Crippen LogP contribution in [0.1, 0.15) is 11.5 Å². The molecule has 0 aliphatic carbocycles. The van der Waals surface area contributed by atoms with Gasteiger partial charge in [0.05, 0.1) is 18.8 Å². The molecule has 6 nitrogen and oxygen atoms in total. The minimum absolute atomic E-state index is 0.0279. The van der Waals surface area contributed by atoms with E-state index in [9.17, 15) is 4.79 Å². The Morgan fingerprint density at radius 3 is 2.71 bits per heavy atom. The summed E-state index contributed by atoms with van der Waals surface area (Å²) in [6.45, 7) is 5.95. The maximum Gasteiger partial charge on any atom is 0.236 e. The summed E-state index contributed by atoms with van der Waals surface area (Å²) < 4.78 is 5.17. The lowest BCUT2D eigenvalue weighted by atomic mass is 10.3. The highest BCUT2D eigenvalue weighted by atomic mass is 16.5. The minimum atomic E-state index is 0.0279. The number of nitrogens with zero attached hydrogens (tertiary/aromatic N) is 3. The lowest BCUT2D eigenvalue weighted by Crippen LogP contribution is -2.49. The molecule has 0 radical (unpaired) electrons. The van der Waals surface area contributed by atoms with Gasteiger partial charge in [0.2, 0.25) is 5.91 Å². The van der Waals surface area contributed by atoms with E-state index in [2.05, 4.69) is 10.1 Å². The average Bonchev–Trinajstić information content (AvgIpc) is 2.75. The van der Waals surface area contributed by atoms with Crippen LogP contribution in [0.25, 0.3) is 0 Å². The van der Waals surface area contributed by atoms with Crippen molar-refractivity contribution in [1.82, 2.24) is 15.0 Å². The zero-order valence-electron chi connectivity index (χ0n) is 10.1. The first-order valence-corrected chi connectivity index (χ1v) is 5.81. The molecule has 2 heterocycles. The van der Waals surface area contributed by atoms with Crippen LogP contribution >= 0.6 is 0 Å². The third-order valence-corrected chi connectivity index (χ3v) is 2.96. The Labute approximate surface area is 100 Å². The van der Waals surface area contributed by atoms with Crippen molar-refractivity contribution in [1.29, 1.82) is 0 Å². The number of carbonyl (C=O) groups is 1. The Balaban J connectivity index is 1.81. The van der Waals surface area contributed by atoms with Gasteiger partial charge in [-0.2, -0.15) is 0 Å². The van der Waals surface area contributed by atoms with Gasteiger partial charge in [0.25, 0.3) is 0 Å². The Kier molecular flexibility index (Phi) is 3.75. The fraction of sp³-hybridized carbons (Fsp3) is 0.636. The van der Waals surface area contributed by atoms with Gasteiger partial charge in [-0.3, -0.25) is 9.69 Å². The van der Waals surface area contributed by atoms with Crippen LogP contribution in [-0.4, -0.2) is 53.6 Å². The van der Waals surface area contributed by atoms with Crippen molar-refractivity contribution in [2.24, 2.45) is 5.73 Å². The summed E-state index contributed by atoms with van der Waals surface area (Å²) in [6, 6.07) is 1.94. The first-order chi connectivity index (χ1) is 8.19. The molecular weight excluding hydrogens is 220 g/mol. The molecule has 1 aromatic heterocycles. The first-order valence-electron chi connectivity index (χ1n) is 5.81. The lowest BCUT2D eigenvalue weighted by Gasteiger charge is -2.33. The van der Waals surface area contributed by atoms with Gasteiger partial charge in [0.15, 0.2) is 5.76 Å². The molecular formula is C11H18N4O2. The smallest absolute Gasteiger partial charge is 0.236 e. The fourth-order valence-corrected chi connectivity index (χ4v) is 2.00. The van der Waals surface area contributed by atoms with Gasteiger partial charge in [-0.05, 0) is 6.92 Å². The Morgan fingerprint density at radius 1 is 1.47 bits per heavy atom. The molecule has 6 heteroatoms. The normalized spacial score (nSPS) is 17.4. The van der Waals surface area contributed by atoms with E-state index in [1.807, 2.05) is 17.9 Å². The quantitative estimate of drug-likeness (QED) is 0.774. The second kappa shape index (κ2) is 5.29. The standard InChI is InChI=1S/C11H18N4O2/c1-9-6-10(17-13-9)8-14-2-4-15(5-3-14)11(16)7-12/h6H,2-5,7-8,12H2,1H3.